The molecule has 7 nitrogen and oxygen atoms in total. The van der Waals surface area contributed by atoms with Gasteiger partial charge in [-0.1, -0.05) is 6.07 Å². The predicted molar refractivity (Wildman–Crippen MR) is 105 cm³/mol. The fraction of sp³-hybridized carbons (Fsp3) is 0.381. The third-order valence-corrected chi connectivity index (χ3v) is 4.42. The Labute approximate surface area is 164 Å². The maximum atomic E-state index is 12.4. The molecule has 7 heteroatoms. The Bertz CT molecular complexity index is 811. The first-order valence-electron chi connectivity index (χ1n) is 9.54. The summed E-state index contributed by atoms with van der Waals surface area (Å²) in [7, 11) is 0. The van der Waals surface area contributed by atoms with Gasteiger partial charge in [-0.05, 0) is 49.2 Å². The number of benzene rings is 1. The van der Waals surface area contributed by atoms with E-state index in [4.69, 9.17) is 9.47 Å². The Hall–Kier alpha value is -3.09. The van der Waals surface area contributed by atoms with Gasteiger partial charge in [0.05, 0.1) is 6.61 Å². The van der Waals surface area contributed by atoms with Crippen LogP contribution >= 0.6 is 0 Å². The van der Waals surface area contributed by atoms with Crippen molar-refractivity contribution in [2.75, 3.05) is 25.0 Å². The molecule has 1 aromatic heterocycles. The number of esters is 1. The molecule has 1 unspecified atom stereocenters. The van der Waals surface area contributed by atoms with Crippen LogP contribution in [0.1, 0.15) is 35.7 Å². The van der Waals surface area contributed by atoms with E-state index in [1.54, 1.807) is 19.2 Å². The van der Waals surface area contributed by atoms with Crippen LogP contribution in [0.2, 0.25) is 0 Å². The van der Waals surface area contributed by atoms with Gasteiger partial charge in [-0.25, -0.2) is 4.98 Å². The van der Waals surface area contributed by atoms with Crippen molar-refractivity contribution in [3.63, 3.8) is 0 Å². The fourth-order valence-corrected chi connectivity index (χ4v) is 3.07. The number of rotatable bonds is 9. The molecule has 1 aliphatic heterocycles. The molecule has 0 saturated carbocycles. The van der Waals surface area contributed by atoms with Gasteiger partial charge in [-0.15, -0.1) is 0 Å². The van der Waals surface area contributed by atoms with Crippen molar-refractivity contribution in [2.45, 2.75) is 32.3 Å². The summed E-state index contributed by atoms with van der Waals surface area (Å²) in [6.07, 6.45) is 3.29. The minimum atomic E-state index is -0.207. The van der Waals surface area contributed by atoms with E-state index in [2.05, 4.69) is 15.6 Å². The molecular weight excluding hydrogens is 358 g/mol. The highest BCUT2D eigenvalue weighted by molar-refractivity contribution is 5.94. The van der Waals surface area contributed by atoms with Crippen LogP contribution in [0.25, 0.3) is 0 Å². The molecule has 2 N–H and O–H groups in total. The SMILES string of the molecule is CCOC(=O)CCC1Cc2cc(C(=O)NCCNc3ccccn3)ccc2O1. The number of hydrogen-bond acceptors (Lipinski definition) is 6. The number of ether oxygens (including phenoxy) is 2. The zero-order chi connectivity index (χ0) is 19.8. The average Bonchev–Trinajstić information content (AvgIpc) is 3.12. The summed E-state index contributed by atoms with van der Waals surface area (Å²) in [5, 5.41) is 6.04. The molecule has 2 heterocycles. The highest BCUT2D eigenvalue weighted by Crippen LogP contribution is 2.31. The first-order chi connectivity index (χ1) is 13.7. The van der Waals surface area contributed by atoms with E-state index in [1.165, 1.54) is 0 Å². The van der Waals surface area contributed by atoms with Crippen LogP contribution in [0.4, 0.5) is 5.82 Å². The van der Waals surface area contributed by atoms with Crippen molar-refractivity contribution in [1.29, 1.82) is 0 Å². The molecule has 1 atom stereocenters. The number of pyridine rings is 1. The van der Waals surface area contributed by atoms with E-state index in [0.29, 0.717) is 44.5 Å². The third-order valence-electron chi connectivity index (χ3n) is 4.42. The standard InChI is InChI=1S/C21H25N3O4/c1-2-27-20(25)9-7-17-14-16-13-15(6-8-18(16)28-17)21(26)24-12-11-23-19-5-3-4-10-22-19/h3-6,8,10,13,17H,2,7,9,11-12,14H2,1H3,(H,22,23)(H,24,26). The number of nitrogens with one attached hydrogen (secondary N) is 2. The van der Waals surface area contributed by atoms with Gasteiger partial charge in [0.25, 0.3) is 5.91 Å². The summed E-state index contributed by atoms with van der Waals surface area (Å²) >= 11 is 0. The van der Waals surface area contributed by atoms with Crippen molar-refractivity contribution in [3.05, 3.63) is 53.7 Å². The van der Waals surface area contributed by atoms with Gasteiger partial charge in [-0.3, -0.25) is 9.59 Å². The first-order valence-corrected chi connectivity index (χ1v) is 9.54. The lowest BCUT2D eigenvalue weighted by Crippen LogP contribution is -2.28. The van der Waals surface area contributed by atoms with Crippen LogP contribution in [0.3, 0.4) is 0 Å². The van der Waals surface area contributed by atoms with Crippen molar-refractivity contribution in [3.8, 4) is 5.75 Å². The van der Waals surface area contributed by atoms with Gasteiger partial charge in [0.15, 0.2) is 0 Å². The molecule has 0 aliphatic carbocycles. The molecule has 0 saturated heterocycles. The number of nitrogens with zero attached hydrogens (tertiary/aromatic N) is 1. The topological polar surface area (TPSA) is 89.6 Å². The largest absolute Gasteiger partial charge is 0.490 e. The number of carbonyl (C=O) groups is 2. The summed E-state index contributed by atoms with van der Waals surface area (Å²) in [5.41, 5.74) is 1.60. The molecule has 148 valence electrons. The molecule has 0 radical (unpaired) electrons. The molecular formula is C21H25N3O4. The van der Waals surface area contributed by atoms with Crippen LogP contribution in [0, 0.1) is 0 Å². The molecule has 0 bridgehead atoms. The van der Waals surface area contributed by atoms with E-state index in [-0.39, 0.29) is 18.0 Å². The summed E-state index contributed by atoms with van der Waals surface area (Å²) in [6.45, 7) is 3.26. The van der Waals surface area contributed by atoms with Crippen molar-refractivity contribution < 1.29 is 19.1 Å². The number of amides is 1. The molecule has 28 heavy (non-hydrogen) atoms. The molecule has 0 fully saturated rings. The van der Waals surface area contributed by atoms with Gasteiger partial charge >= 0.3 is 5.97 Å². The third kappa shape index (κ3) is 5.45. The van der Waals surface area contributed by atoms with E-state index >= 15 is 0 Å². The number of fused-ring (bicyclic) bond motifs is 1. The van der Waals surface area contributed by atoms with Crippen LogP contribution in [0.5, 0.6) is 5.75 Å². The second kappa shape index (κ2) is 9.73. The van der Waals surface area contributed by atoms with Crippen molar-refractivity contribution in [1.82, 2.24) is 10.3 Å². The van der Waals surface area contributed by atoms with E-state index in [1.807, 2.05) is 30.3 Å². The lowest BCUT2D eigenvalue weighted by molar-refractivity contribution is -0.143. The summed E-state index contributed by atoms with van der Waals surface area (Å²) in [4.78, 5) is 28.0. The maximum absolute atomic E-state index is 12.4. The molecule has 1 aromatic carbocycles. The Morgan fingerprint density at radius 1 is 1.25 bits per heavy atom. The molecule has 3 rings (SSSR count). The monoisotopic (exact) mass is 383 g/mol. The minimum Gasteiger partial charge on any atom is -0.490 e. The Kier molecular flexibility index (Phi) is 6.84. The van der Waals surface area contributed by atoms with Crippen LogP contribution < -0.4 is 15.4 Å². The normalized spacial score (nSPS) is 14.7. The van der Waals surface area contributed by atoms with Gasteiger partial charge in [0, 0.05) is 37.7 Å². The van der Waals surface area contributed by atoms with Gasteiger partial charge < -0.3 is 20.1 Å². The average molecular weight is 383 g/mol. The van der Waals surface area contributed by atoms with E-state index < -0.39 is 0 Å². The second-order valence-corrected chi connectivity index (χ2v) is 6.51. The Morgan fingerprint density at radius 2 is 2.14 bits per heavy atom. The number of aromatic nitrogens is 1. The predicted octanol–water partition coefficient (Wildman–Crippen LogP) is 2.57. The molecule has 1 amide bonds. The van der Waals surface area contributed by atoms with E-state index in [9.17, 15) is 9.59 Å². The zero-order valence-corrected chi connectivity index (χ0v) is 15.9. The minimum absolute atomic E-state index is 0.0553. The smallest absolute Gasteiger partial charge is 0.305 e. The quantitative estimate of drug-likeness (QED) is 0.511. The molecule has 0 spiro atoms. The zero-order valence-electron chi connectivity index (χ0n) is 15.9. The molecule has 1 aliphatic rings. The second-order valence-electron chi connectivity index (χ2n) is 6.51. The van der Waals surface area contributed by atoms with Crippen LogP contribution in [0.15, 0.2) is 42.6 Å². The van der Waals surface area contributed by atoms with Gasteiger partial charge in [-0.2, -0.15) is 0 Å². The van der Waals surface area contributed by atoms with Gasteiger partial charge in [0.1, 0.15) is 17.7 Å². The highest BCUT2D eigenvalue weighted by atomic mass is 16.5. The number of hydrogen-bond donors (Lipinski definition) is 2. The summed E-state index contributed by atoms with van der Waals surface area (Å²) in [6, 6.07) is 11.1. The van der Waals surface area contributed by atoms with Crippen molar-refractivity contribution in [2.24, 2.45) is 0 Å². The Morgan fingerprint density at radius 3 is 2.93 bits per heavy atom. The number of anilines is 1. The van der Waals surface area contributed by atoms with E-state index in [0.717, 1.165) is 17.1 Å². The van der Waals surface area contributed by atoms with Crippen LogP contribution in [-0.4, -0.2) is 42.7 Å². The number of carbonyl (C=O) groups excluding carboxylic acids is 2. The summed E-state index contributed by atoms with van der Waals surface area (Å²) in [5.74, 6) is 1.23. The lowest BCUT2D eigenvalue weighted by Gasteiger charge is -2.09. The molecule has 2 aromatic rings. The summed E-state index contributed by atoms with van der Waals surface area (Å²) < 4.78 is 10.8. The Balaban J connectivity index is 1.44. The lowest BCUT2D eigenvalue weighted by atomic mass is 10.0. The van der Waals surface area contributed by atoms with Crippen LogP contribution in [-0.2, 0) is 16.0 Å². The van der Waals surface area contributed by atoms with Crippen molar-refractivity contribution >= 4 is 17.7 Å². The highest BCUT2D eigenvalue weighted by Gasteiger charge is 2.24. The van der Waals surface area contributed by atoms with Gasteiger partial charge in [0.2, 0.25) is 0 Å². The fourth-order valence-electron chi connectivity index (χ4n) is 3.07. The maximum Gasteiger partial charge on any atom is 0.305 e. The first kappa shape index (κ1) is 19.7.